The van der Waals surface area contributed by atoms with Gasteiger partial charge in [-0.1, -0.05) is 35.4 Å². The van der Waals surface area contributed by atoms with Gasteiger partial charge in [0.05, 0.1) is 12.8 Å². The summed E-state index contributed by atoms with van der Waals surface area (Å²) in [5.41, 5.74) is 1.15. The molecule has 0 aliphatic carbocycles. The molecule has 18 heavy (non-hydrogen) atoms. The van der Waals surface area contributed by atoms with E-state index in [1.807, 2.05) is 47.4 Å². The predicted molar refractivity (Wildman–Crippen MR) is 65.3 cm³/mol. The van der Waals surface area contributed by atoms with Crippen molar-refractivity contribution in [3.05, 3.63) is 60.6 Å². The van der Waals surface area contributed by atoms with Crippen LogP contribution in [0.25, 0.3) is 0 Å². The monoisotopic (exact) mass is 241 g/mol. The summed E-state index contributed by atoms with van der Waals surface area (Å²) in [6.45, 7) is 0.641. The highest BCUT2D eigenvalue weighted by molar-refractivity contribution is 5.52. The van der Waals surface area contributed by atoms with Crippen LogP contribution in [0.1, 0.15) is 5.56 Å². The largest absolute Gasteiger partial charge is 0.448 e. The lowest BCUT2D eigenvalue weighted by Gasteiger charge is -2.18. The molecule has 0 saturated carbocycles. The van der Waals surface area contributed by atoms with Crippen molar-refractivity contribution >= 4 is 11.7 Å². The Bertz CT molecular complexity index is 542. The molecule has 3 rings (SSSR count). The lowest BCUT2D eigenvalue weighted by Crippen LogP contribution is -2.16. The zero-order valence-electron chi connectivity index (χ0n) is 9.56. The van der Waals surface area contributed by atoms with Crippen molar-refractivity contribution in [2.45, 2.75) is 6.54 Å². The van der Waals surface area contributed by atoms with Crippen molar-refractivity contribution in [2.24, 2.45) is 0 Å². The summed E-state index contributed by atoms with van der Waals surface area (Å²) < 4.78 is 10.2. The quantitative estimate of drug-likeness (QED) is 0.702. The molecule has 0 spiro atoms. The number of rotatable bonds is 4. The topological polar surface area (TPSA) is 55.3 Å². The average molecular weight is 241 g/mol. The third-order valence-corrected chi connectivity index (χ3v) is 2.58. The van der Waals surface area contributed by atoms with E-state index in [0.717, 1.165) is 5.56 Å². The predicted octanol–water partition coefficient (Wildman–Crippen LogP) is 3.00. The van der Waals surface area contributed by atoms with Crippen LogP contribution >= 0.6 is 0 Å². The molecule has 0 unspecified atom stereocenters. The SMILES string of the molecule is c1ccc(CN(c2conn2)c2ccco2)cc1. The molecule has 0 fully saturated rings. The Morgan fingerprint density at radius 3 is 2.61 bits per heavy atom. The van der Waals surface area contributed by atoms with Crippen LogP contribution in [0.5, 0.6) is 0 Å². The first-order valence-corrected chi connectivity index (χ1v) is 5.55. The molecule has 0 bridgehead atoms. The Hall–Kier alpha value is -2.56. The molecule has 5 nitrogen and oxygen atoms in total. The molecule has 0 saturated heterocycles. The molecule has 0 atom stereocenters. The van der Waals surface area contributed by atoms with Crippen molar-refractivity contribution in [3.8, 4) is 0 Å². The first-order chi connectivity index (χ1) is 8.93. The zero-order valence-corrected chi connectivity index (χ0v) is 9.56. The summed E-state index contributed by atoms with van der Waals surface area (Å²) in [5, 5.41) is 7.40. The molecule has 2 heterocycles. The van der Waals surface area contributed by atoms with E-state index in [4.69, 9.17) is 8.94 Å². The Morgan fingerprint density at radius 1 is 1.06 bits per heavy atom. The minimum Gasteiger partial charge on any atom is -0.448 e. The summed E-state index contributed by atoms with van der Waals surface area (Å²) in [7, 11) is 0. The van der Waals surface area contributed by atoms with Crippen LogP contribution in [0.15, 0.2) is 63.9 Å². The van der Waals surface area contributed by atoms with E-state index in [-0.39, 0.29) is 0 Å². The standard InChI is InChI=1S/C13H11N3O2/c1-2-5-11(6-3-1)9-16(12-10-18-15-14-12)13-7-4-8-17-13/h1-8,10H,9H2. The van der Waals surface area contributed by atoms with Crippen molar-refractivity contribution in [1.29, 1.82) is 0 Å². The minimum atomic E-state index is 0.619. The van der Waals surface area contributed by atoms with Gasteiger partial charge < -0.3 is 8.94 Å². The second-order valence-electron chi connectivity index (χ2n) is 3.79. The number of benzene rings is 1. The maximum absolute atomic E-state index is 5.41. The smallest absolute Gasteiger partial charge is 0.201 e. The Morgan fingerprint density at radius 2 is 1.94 bits per heavy atom. The highest BCUT2D eigenvalue weighted by Gasteiger charge is 2.15. The van der Waals surface area contributed by atoms with E-state index in [0.29, 0.717) is 18.2 Å². The van der Waals surface area contributed by atoms with E-state index in [2.05, 4.69) is 10.4 Å². The lowest BCUT2D eigenvalue weighted by atomic mass is 10.2. The van der Waals surface area contributed by atoms with Crippen molar-refractivity contribution in [1.82, 2.24) is 10.4 Å². The number of hydrogen-bond donors (Lipinski definition) is 0. The fourth-order valence-electron chi connectivity index (χ4n) is 1.74. The van der Waals surface area contributed by atoms with E-state index in [1.54, 1.807) is 6.26 Å². The molecule has 1 aromatic carbocycles. The van der Waals surface area contributed by atoms with Crippen molar-refractivity contribution in [3.63, 3.8) is 0 Å². The molecule has 5 heteroatoms. The normalized spacial score (nSPS) is 10.4. The molecule has 0 aliphatic heterocycles. The van der Waals surface area contributed by atoms with Crippen molar-refractivity contribution in [2.75, 3.05) is 4.90 Å². The van der Waals surface area contributed by atoms with Gasteiger partial charge in [0.1, 0.15) is 0 Å². The Labute approximate surface area is 104 Å². The molecular formula is C13H11N3O2. The van der Waals surface area contributed by atoms with Gasteiger partial charge in [-0.2, -0.15) is 0 Å². The lowest BCUT2D eigenvalue weighted by molar-refractivity contribution is 0.393. The van der Waals surface area contributed by atoms with Gasteiger partial charge in [0.2, 0.25) is 5.88 Å². The van der Waals surface area contributed by atoms with Gasteiger partial charge in [0.25, 0.3) is 0 Å². The van der Waals surface area contributed by atoms with Crippen LogP contribution in [-0.2, 0) is 6.54 Å². The molecule has 2 aromatic heterocycles. The number of anilines is 2. The van der Waals surface area contributed by atoms with Gasteiger partial charge in [0.15, 0.2) is 12.1 Å². The molecule has 0 amide bonds. The van der Waals surface area contributed by atoms with Gasteiger partial charge in [-0.15, -0.1) is 0 Å². The van der Waals surface area contributed by atoms with E-state index >= 15 is 0 Å². The third kappa shape index (κ3) is 2.10. The molecule has 90 valence electrons. The maximum Gasteiger partial charge on any atom is 0.201 e. The van der Waals surface area contributed by atoms with Gasteiger partial charge in [-0.25, -0.2) is 0 Å². The van der Waals surface area contributed by atoms with E-state index in [9.17, 15) is 0 Å². The molecule has 3 aromatic rings. The number of aromatic nitrogens is 2. The van der Waals surface area contributed by atoms with Crippen LogP contribution in [-0.4, -0.2) is 10.4 Å². The number of nitrogens with zero attached hydrogens (tertiary/aromatic N) is 3. The minimum absolute atomic E-state index is 0.619. The summed E-state index contributed by atoms with van der Waals surface area (Å²) in [6, 6.07) is 13.8. The van der Waals surface area contributed by atoms with Gasteiger partial charge in [0, 0.05) is 11.3 Å². The van der Waals surface area contributed by atoms with Crippen LogP contribution in [0.2, 0.25) is 0 Å². The zero-order chi connectivity index (χ0) is 12.2. The molecule has 0 radical (unpaired) electrons. The summed E-state index contributed by atoms with van der Waals surface area (Å²) in [4.78, 5) is 1.89. The Kier molecular flexibility index (Phi) is 2.79. The fourth-order valence-corrected chi connectivity index (χ4v) is 1.74. The summed E-state index contributed by atoms with van der Waals surface area (Å²) >= 11 is 0. The Balaban J connectivity index is 1.92. The second-order valence-corrected chi connectivity index (χ2v) is 3.79. The highest BCUT2D eigenvalue weighted by atomic mass is 16.5. The number of hydrogen-bond acceptors (Lipinski definition) is 5. The third-order valence-electron chi connectivity index (χ3n) is 2.58. The first kappa shape index (κ1) is 10.6. The van der Waals surface area contributed by atoms with Crippen LogP contribution in [0.3, 0.4) is 0 Å². The first-order valence-electron chi connectivity index (χ1n) is 5.55. The highest BCUT2D eigenvalue weighted by Crippen LogP contribution is 2.25. The fraction of sp³-hybridized carbons (Fsp3) is 0.0769. The maximum atomic E-state index is 5.41. The van der Waals surface area contributed by atoms with Gasteiger partial charge in [-0.05, 0) is 11.6 Å². The summed E-state index contributed by atoms with van der Waals surface area (Å²) in [6.07, 6.45) is 3.12. The van der Waals surface area contributed by atoms with E-state index < -0.39 is 0 Å². The van der Waals surface area contributed by atoms with Gasteiger partial charge >= 0.3 is 0 Å². The van der Waals surface area contributed by atoms with E-state index in [1.165, 1.54) is 6.26 Å². The van der Waals surface area contributed by atoms with Crippen LogP contribution < -0.4 is 4.90 Å². The average Bonchev–Trinajstić information content (AvgIpc) is 3.11. The second kappa shape index (κ2) is 4.75. The van der Waals surface area contributed by atoms with Gasteiger partial charge in [-0.3, -0.25) is 4.90 Å². The number of furan rings is 1. The summed E-state index contributed by atoms with van der Waals surface area (Å²) in [5.74, 6) is 1.32. The molecular weight excluding hydrogens is 230 g/mol. The van der Waals surface area contributed by atoms with Crippen LogP contribution in [0, 0.1) is 0 Å². The molecule has 0 aliphatic rings. The van der Waals surface area contributed by atoms with Crippen molar-refractivity contribution < 1.29 is 8.94 Å². The van der Waals surface area contributed by atoms with Crippen LogP contribution in [0.4, 0.5) is 11.7 Å². The molecule has 0 N–H and O–H groups in total.